The second kappa shape index (κ2) is 5.53. The summed E-state index contributed by atoms with van der Waals surface area (Å²) in [6.07, 6.45) is -3.38. The molecule has 0 radical (unpaired) electrons. The molecule has 17 heavy (non-hydrogen) atoms. The van der Waals surface area contributed by atoms with E-state index in [1.165, 1.54) is 7.11 Å². The van der Waals surface area contributed by atoms with Crippen LogP contribution in [0.4, 0.5) is 13.2 Å². The zero-order chi connectivity index (χ0) is 13.1. The van der Waals surface area contributed by atoms with Crippen LogP contribution in [0.25, 0.3) is 0 Å². The lowest BCUT2D eigenvalue weighted by atomic mass is 10.1. The SMILES string of the molecule is COc1c(Br)cc(C(F)(F)F)cc1CCC=O. The molecule has 0 aliphatic heterocycles. The van der Waals surface area contributed by atoms with E-state index in [0.29, 0.717) is 17.6 Å². The van der Waals surface area contributed by atoms with Gasteiger partial charge in [-0.15, -0.1) is 0 Å². The predicted octanol–water partition coefficient (Wildman–Crippen LogP) is 3.61. The van der Waals surface area contributed by atoms with E-state index in [-0.39, 0.29) is 17.3 Å². The lowest BCUT2D eigenvalue weighted by molar-refractivity contribution is -0.137. The van der Waals surface area contributed by atoms with E-state index in [1.807, 2.05) is 0 Å². The van der Waals surface area contributed by atoms with Gasteiger partial charge in [-0.25, -0.2) is 0 Å². The number of hydrogen-bond donors (Lipinski definition) is 0. The first-order valence-electron chi connectivity index (χ1n) is 4.77. The Hall–Kier alpha value is -1.04. The molecular formula is C11H10BrF3O2. The van der Waals surface area contributed by atoms with Gasteiger partial charge in [0.15, 0.2) is 0 Å². The van der Waals surface area contributed by atoms with Crippen LogP contribution in [0.15, 0.2) is 16.6 Å². The fourth-order valence-corrected chi connectivity index (χ4v) is 2.11. The van der Waals surface area contributed by atoms with Gasteiger partial charge in [0.1, 0.15) is 12.0 Å². The van der Waals surface area contributed by atoms with Gasteiger partial charge in [0.25, 0.3) is 0 Å². The molecule has 0 heterocycles. The summed E-state index contributed by atoms with van der Waals surface area (Å²) in [5, 5.41) is 0. The zero-order valence-corrected chi connectivity index (χ0v) is 10.6. The van der Waals surface area contributed by atoms with Crippen molar-refractivity contribution in [2.75, 3.05) is 7.11 Å². The van der Waals surface area contributed by atoms with Crippen LogP contribution in [0.1, 0.15) is 17.5 Å². The summed E-state index contributed by atoms with van der Waals surface area (Å²) in [4.78, 5) is 10.3. The van der Waals surface area contributed by atoms with Gasteiger partial charge in [-0.3, -0.25) is 0 Å². The Kier molecular flexibility index (Phi) is 4.56. The maximum atomic E-state index is 12.6. The minimum absolute atomic E-state index is 0.157. The van der Waals surface area contributed by atoms with Crippen molar-refractivity contribution in [1.29, 1.82) is 0 Å². The largest absolute Gasteiger partial charge is 0.495 e. The van der Waals surface area contributed by atoms with Crippen molar-refractivity contribution >= 4 is 22.2 Å². The van der Waals surface area contributed by atoms with Crippen LogP contribution < -0.4 is 4.74 Å². The average molecular weight is 311 g/mol. The number of methoxy groups -OCH3 is 1. The Morgan fingerprint density at radius 1 is 1.41 bits per heavy atom. The Morgan fingerprint density at radius 2 is 2.06 bits per heavy atom. The first-order chi connectivity index (χ1) is 7.90. The van der Waals surface area contributed by atoms with Crippen LogP contribution in [-0.2, 0) is 17.4 Å². The number of hydrogen-bond acceptors (Lipinski definition) is 2. The highest BCUT2D eigenvalue weighted by Gasteiger charge is 2.32. The van der Waals surface area contributed by atoms with E-state index in [0.717, 1.165) is 12.1 Å². The van der Waals surface area contributed by atoms with Crippen LogP contribution in [0.3, 0.4) is 0 Å². The van der Waals surface area contributed by atoms with E-state index >= 15 is 0 Å². The summed E-state index contributed by atoms with van der Waals surface area (Å²) < 4.78 is 43.0. The molecule has 94 valence electrons. The summed E-state index contributed by atoms with van der Waals surface area (Å²) in [7, 11) is 1.37. The fraction of sp³-hybridized carbons (Fsp3) is 0.364. The molecule has 0 unspecified atom stereocenters. The molecule has 0 aromatic heterocycles. The fourth-order valence-electron chi connectivity index (χ4n) is 1.44. The number of halogens is 4. The third kappa shape index (κ3) is 3.46. The van der Waals surface area contributed by atoms with Gasteiger partial charge in [-0.1, -0.05) is 0 Å². The van der Waals surface area contributed by atoms with E-state index in [4.69, 9.17) is 4.74 Å². The monoisotopic (exact) mass is 310 g/mol. The van der Waals surface area contributed by atoms with Crippen molar-refractivity contribution in [3.63, 3.8) is 0 Å². The third-order valence-corrected chi connectivity index (χ3v) is 2.77. The molecule has 0 bridgehead atoms. The van der Waals surface area contributed by atoms with Crippen molar-refractivity contribution in [3.05, 3.63) is 27.7 Å². The van der Waals surface area contributed by atoms with Gasteiger partial charge in [0.05, 0.1) is 17.1 Å². The molecule has 6 heteroatoms. The molecule has 0 aliphatic rings. The Bertz CT molecular complexity index is 416. The smallest absolute Gasteiger partial charge is 0.416 e. The summed E-state index contributed by atoms with van der Waals surface area (Å²) in [6.45, 7) is 0. The van der Waals surface area contributed by atoms with Gasteiger partial charge in [-0.2, -0.15) is 13.2 Å². The molecule has 0 atom stereocenters. The standard InChI is InChI=1S/C11H10BrF3O2/c1-17-10-7(3-2-4-16)5-8(6-9(10)12)11(13,14)15/h4-6H,2-3H2,1H3. The number of ether oxygens (including phenoxy) is 1. The molecule has 1 rings (SSSR count). The maximum Gasteiger partial charge on any atom is 0.416 e. The summed E-state index contributed by atoms with van der Waals surface area (Å²) >= 11 is 3.03. The molecule has 0 fully saturated rings. The number of alkyl halides is 3. The topological polar surface area (TPSA) is 26.3 Å². The summed E-state index contributed by atoms with van der Waals surface area (Å²) in [5.74, 6) is 0.333. The Balaban J connectivity index is 3.23. The van der Waals surface area contributed by atoms with E-state index in [9.17, 15) is 18.0 Å². The molecule has 1 aromatic carbocycles. The maximum absolute atomic E-state index is 12.6. The summed E-state index contributed by atoms with van der Waals surface area (Å²) in [5.41, 5.74) is -0.396. The van der Waals surface area contributed by atoms with E-state index < -0.39 is 11.7 Å². The van der Waals surface area contributed by atoms with Crippen molar-refractivity contribution in [2.45, 2.75) is 19.0 Å². The van der Waals surface area contributed by atoms with Crippen molar-refractivity contribution in [2.24, 2.45) is 0 Å². The molecule has 1 aromatic rings. The molecular weight excluding hydrogens is 301 g/mol. The van der Waals surface area contributed by atoms with E-state index in [2.05, 4.69) is 15.9 Å². The highest BCUT2D eigenvalue weighted by molar-refractivity contribution is 9.10. The number of rotatable bonds is 4. The van der Waals surface area contributed by atoms with Crippen LogP contribution in [-0.4, -0.2) is 13.4 Å². The number of carbonyl (C=O) groups excluding carboxylic acids is 1. The Morgan fingerprint density at radius 3 is 2.53 bits per heavy atom. The summed E-state index contributed by atoms with van der Waals surface area (Å²) in [6, 6.07) is 1.97. The van der Waals surface area contributed by atoms with Crippen LogP contribution >= 0.6 is 15.9 Å². The minimum Gasteiger partial charge on any atom is -0.495 e. The highest BCUT2D eigenvalue weighted by atomic mass is 79.9. The van der Waals surface area contributed by atoms with Gasteiger partial charge in [0.2, 0.25) is 0 Å². The van der Waals surface area contributed by atoms with Crippen LogP contribution in [0.2, 0.25) is 0 Å². The second-order valence-electron chi connectivity index (χ2n) is 3.35. The molecule has 2 nitrogen and oxygen atoms in total. The molecule has 0 aliphatic carbocycles. The van der Waals surface area contributed by atoms with Gasteiger partial charge < -0.3 is 9.53 Å². The molecule has 0 saturated heterocycles. The van der Waals surface area contributed by atoms with Crippen LogP contribution in [0.5, 0.6) is 5.75 Å². The number of benzene rings is 1. The average Bonchev–Trinajstić information content (AvgIpc) is 2.24. The lowest BCUT2D eigenvalue weighted by Crippen LogP contribution is -2.07. The van der Waals surface area contributed by atoms with Crippen molar-refractivity contribution in [3.8, 4) is 5.75 Å². The first kappa shape index (κ1) is 14.0. The normalized spacial score (nSPS) is 11.4. The lowest BCUT2D eigenvalue weighted by Gasteiger charge is -2.14. The molecule has 0 N–H and O–H groups in total. The number of aryl methyl sites for hydroxylation is 1. The first-order valence-corrected chi connectivity index (χ1v) is 5.56. The van der Waals surface area contributed by atoms with Crippen molar-refractivity contribution < 1.29 is 22.7 Å². The molecule has 0 saturated carbocycles. The predicted molar refractivity (Wildman–Crippen MR) is 60.1 cm³/mol. The minimum atomic E-state index is -4.41. The number of carbonyl (C=O) groups is 1. The number of aldehydes is 1. The van der Waals surface area contributed by atoms with Crippen LogP contribution in [0, 0.1) is 0 Å². The van der Waals surface area contributed by atoms with Crippen molar-refractivity contribution in [1.82, 2.24) is 0 Å². The van der Waals surface area contributed by atoms with Gasteiger partial charge in [0, 0.05) is 6.42 Å². The zero-order valence-electron chi connectivity index (χ0n) is 8.97. The Labute approximate surface area is 105 Å². The quantitative estimate of drug-likeness (QED) is 0.794. The second-order valence-corrected chi connectivity index (χ2v) is 4.21. The highest BCUT2D eigenvalue weighted by Crippen LogP contribution is 2.37. The van der Waals surface area contributed by atoms with Gasteiger partial charge in [-0.05, 0) is 40.0 Å². The van der Waals surface area contributed by atoms with E-state index in [1.54, 1.807) is 0 Å². The third-order valence-electron chi connectivity index (χ3n) is 2.18. The molecule has 0 spiro atoms. The molecule has 0 amide bonds. The van der Waals surface area contributed by atoms with Gasteiger partial charge >= 0.3 is 6.18 Å².